The Bertz CT molecular complexity index is 1370. The molecule has 0 aliphatic carbocycles. The molecule has 0 aliphatic rings. The van der Waals surface area contributed by atoms with Gasteiger partial charge in [-0.25, -0.2) is 17.2 Å². The van der Waals surface area contributed by atoms with Crippen LogP contribution in [0.5, 0.6) is 5.75 Å². The SMILES string of the molecule is CCNC(=O)[C@@H](C)N(Cc1ccc(F)cc1)C(=O)CN(c1ccc(OCC)cc1)S(=O)(=O)c1ccc(F)cc1. The molecule has 39 heavy (non-hydrogen) atoms. The molecule has 3 aromatic rings. The number of carbonyl (C=O) groups excluding carboxylic acids is 2. The Morgan fingerprint density at radius 2 is 1.46 bits per heavy atom. The van der Waals surface area contributed by atoms with E-state index in [1.807, 2.05) is 6.92 Å². The summed E-state index contributed by atoms with van der Waals surface area (Å²) >= 11 is 0. The van der Waals surface area contributed by atoms with E-state index in [2.05, 4.69) is 5.32 Å². The summed E-state index contributed by atoms with van der Waals surface area (Å²) in [6, 6.07) is 14.9. The van der Waals surface area contributed by atoms with Crippen LogP contribution in [0, 0.1) is 11.6 Å². The summed E-state index contributed by atoms with van der Waals surface area (Å²) in [5.74, 6) is -1.66. The van der Waals surface area contributed by atoms with Gasteiger partial charge in [-0.3, -0.25) is 13.9 Å². The fourth-order valence-corrected chi connectivity index (χ4v) is 5.24. The molecule has 0 saturated heterocycles. The van der Waals surface area contributed by atoms with Crippen LogP contribution in [0.3, 0.4) is 0 Å². The minimum absolute atomic E-state index is 0.0644. The highest BCUT2D eigenvalue weighted by Crippen LogP contribution is 2.27. The first-order valence-corrected chi connectivity index (χ1v) is 13.8. The fourth-order valence-electron chi connectivity index (χ4n) is 3.83. The fraction of sp³-hybridized carbons (Fsp3) is 0.286. The van der Waals surface area contributed by atoms with Gasteiger partial charge in [0.2, 0.25) is 11.8 Å². The molecule has 208 valence electrons. The van der Waals surface area contributed by atoms with Gasteiger partial charge in [0.25, 0.3) is 10.0 Å². The Labute approximate surface area is 227 Å². The molecule has 11 heteroatoms. The lowest BCUT2D eigenvalue weighted by atomic mass is 10.1. The average Bonchev–Trinajstić information content (AvgIpc) is 2.92. The number of hydrogen-bond donors (Lipinski definition) is 1. The third kappa shape index (κ3) is 7.53. The van der Waals surface area contributed by atoms with Crippen molar-refractivity contribution < 1.29 is 31.5 Å². The molecule has 0 aromatic heterocycles. The van der Waals surface area contributed by atoms with E-state index in [0.29, 0.717) is 24.5 Å². The summed E-state index contributed by atoms with van der Waals surface area (Å²) in [6.45, 7) is 5.10. The van der Waals surface area contributed by atoms with Crippen molar-refractivity contribution in [2.45, 2.75) is 38.3 Å². The van der Waals surface area contributed by atoms with Gasteiger partial charge in [-0.15, -0.1) is 0 Å². The van der Waals surface area contributed by atoms with Gasteiger partial charge in [0.05, 0.1) is 17.2 Å². The molecular formula is C28H31F2N3O5S. The number of anilines is 1. The van der Waals surface area contributed by atoms with Crippen LogP contribution in [0.1, 0.15) is 26.3 Å². The Kier molecular flexibility index (Phi) is 10.00. The molecule has 1 N–H and O–H groups in total. The number of ether oxygens (including phenoxy) is 1. The highest BCUT2D eigenvalue weighted by Gasteiger charge is 2.32. The largest absolute Gasteiger partial charge is 0.494 e. The van der Waals surface area contributed by atoms with Crippen molar-refractivity contribution in [3.8, 4) is 5.75 Å². The Balaban J connectivity index is 2.02. The maximum absolute atomic E-state index is 13.7. The van der Waals surface area contributed by atoms with Crippen LogP contribution in [-0.2, 0) is 26.2 Å². The number of carbonyl (C=O) groups is 2. The second kappa shape index (κ2) is 13.2. The Morgan fingerprint density at radius 1 is 0.897 bits per heavy atom. The lowest BCUT2D eigenvalue weighted by molar-refractivity contribution is -0.139. The first kappa shape index (κ1) is 29.6. The molecule has 0 aliphatic heterocycles. The summed E-state index contributed by atoms with van der Waals surface area (Å²) in [5.41, 5.74) is 0.721. The van der Waals surface area contributed by atoms with E-state index in [1.165, 1.54) is 48.2 Å². The Hall–Kier alpha value is -3.99. The molecule has 0 radical (unpaired) electrons. The molecular weight excluding hydrogens is 528 g/mol. The van der Waals surface area contributed by atoms with Crippen molar-refractivity contribution in [1.29, 1.82) is 0 Å². The first-order chi connectivity index (χ1) is 18.6. The van der Waals surface area contributed by atoms with Crippen molar-refractivity contribution in [1.82, 2.24) is 10.2 Å². The first-order valence-electron chi connectivity index (χ1n) is 12.4. The maximum atomic E-state index is 13.7. The molecule has 2 amide bonds. The summed E-state index contributed by atoms with van der Waals surface area (Å²) in [4.78, 5) is 27.4. The predicted molar refractivity (Wildman–Crippen MR) is 144 cm³/mol. The lowest BCUT2D eigenvalue weighted by Crippen LogP contribution is -2.51. The van der Waals surface area contributed by atoms with Gasteiger partial charge in [0.15, 0.2) is 0 Å². The van der Waals surface area contributed by atoms with E-state index in [1.54, 1.807) is 19.1 Å². The summed E-state index contributed by atoms with van der Waals surface area (Å²) in [6.07, 6.45) is 0. The number of amides is 2. The number of sulfonamides is 1. The van der Waals surface area contributed by atoms with Crippen LogP contribution in [0.2, 0.25) is 0 Å². The van der Waals surface area contributed by atoms with Gasteiger partial charge in [-0.05, 0) is 87.0 Å². The maximum Gasteiger partial charge on any atom is 0.264 e. The van der Waals surface area contributed by atoms with Gasteiger partial charge in [-0.1, -0.05) is 12.1 Å². The van der Waals surface area contributed by atoms with Crippen LogP contribution >= 0.6 is 0 Å². The molecule has 0 bridgehead atoms. The number of nitrogens with zero attached hydrogens (tertiary/aromatic N) is 2. The smallest absolute Gasteiger partial charge is 0.264 e. The topological polar surface area (TPSA) is 96.0 Å². The molecule has 8 nitrogen and oxygen atoms in total. The quantitative estimate of drug-likeness (QED) is 0.360. The number of halogens is 2. The number of likely N-dealkylation sites (N-methyl/N-ethyl adjacent to an activating group) is 1. The zero-order valence-corrected chi connectivity index (χ0v) is 22.8. The van der Waals surface area contributed by atoms with E-state index in [-0.39, 0.29) is 17.1 Å². The van der Waals surface area contributed by atoms with Crippen LogP contribution < -0.4 is 14.4 Å². The second-order valence-corrected chi connectivity index (χ2v) is 10.5. The van der Waals surface area contributed by atoms with Crippen molar-refractivity contribution in [2.75, 3.05) is 24.0 Å². The van der Waals surface area contributed by atoms with E-state index >= 15 is 0 Å². The molecule has 1 atom stereocenters. The summed E-state index contributed by atoms with van der Waals surface area (Å²) < 4.78 is 60.8. The molecule has 0 saturated carbocycles. The van der Waals surface area contributed by atoms with Gasteiger partial charge < -0.3 is 15.0 Å². The van der Waals surface area contributed by atoms with E-state index in [0.717, 1.165) is 28.6 Å². The number of benzene rings is 3. The minimum Gasteiger partial charge on any atom is -0.494 e. The van der Waals surface area contributed by atoms with Crippen LogP contribution in [0.15, 0.2) is 77.7 Å². The number of nitrogens with one attached hydrogen (secondary N) is 1. The number of hydrogen-bond acceptors (Lipinski definition) is 5. The zero-order valence-electron chi connectivity index (χ0n) is 21.9. The monoisotopic (exact) mass is 559 g/mol. The van der Waals surface area contributed by atoms with Crippen molar-refractivity contribution >= 4 is 27.5 Å². The third-order valence-corrected chi connectivity index (χ3v) is 7.69. The van der Waals surface area contributed by atoms with Crippen molar-refractivity contribution in [3.05, 3.63) is 90.0 Å². The summed E-state index contributed by atoms with van der Waals surface area (Å²) in [7, 11) is -4.33. The van der Waals surface area contributed by atoms with Crippen LogP contribution in [-0.4, -0.2) is 50.9 Å². The zero-order chi connectivity index (χ0) is 28.6. The predicted octanol–water partition coefficient (Wildman–Crippen LogP) is 4.11. The molecule has 3 rings (SSSR count). The highest BCUT2D eigenvalue weighted by atomic mass is 32.2. The van der Waals surface area contributed by atoms with E-state index in [9.17, 15) is 26.8 Å². The molecule has 0 fully saturated rings. The molecule has 0 heterocycles. The Morgan fingerprint density at radius 3 is 2.00 bits per heavy atom. The van der Waals surface area contributed by atoms with Crippen molar-refractivity contribution in [2.24, 2.45) is 0 Å². The van der Waals surface area contributed by atoms with Gasteiger partial charge >= 0.3 is 0 Å². The second-order valence-electron chi connectivity index (χ2n) is 8.61. The van der Waals surface area contributed by atoms with Crippen molar-refractivity contribution in [3.63, 3.8) is 0 Å². The summed E-state index contributed by atoms with van der Waals surface area (Å²) in [5, 5.41) is 2.67. The van der Waals surface area contributed by atoms with Gasteiger partial charge in [-0.2, -0.15) is 0 Å². The van der Waals surface area contributed by atoms with Crippen LogP contribution in [0.25, 0.3) is 0 Å². The normalized spacial score (nSPS) is 11.9. The standard InChI is InChI=1S/C28H31F2N3O5S/c1-4-31-28(35)20(3)32(18-21-6-8-22(29)9-7-21)27(34)19-33(24-12-14-25(15-13-24)38-5-2)39(36,37)26-16-10-23(30)11-17-26/h6-17,20H,4-5,18-19H2,1-3H3,(H,31,35)/t20-/m1/s1. The third-order valence-electron chi connectivity index (χ3n) is 5.90. The number of rotatable bonds is 12. The van der Waals surface area contributed by atoms with Gasteiger partial charge in [0.1, 0.15) is 30.0 Å². The molecule has 0 unspecified atom stereocenters. The molecule has 0 spiro atoms. The van der Waals surface area contributed by atoms with Crippen LogP contribution in [0.4, 0.5) is 14.5 Å². The highest BCUT2D eigenvalue weighted by molar-refractivity contribution is 7.92. The van der Waals surface area contributed by atoms with E-state index < -0.39 is 46.1 Å². The lowest BCUT2D eigenvalue weighted by Gasteiger charge is -2.32. The minimum atomic E-state index is -4.33. The molecule has 3 aromatic carbocycles. The average molecular weight is 560 g/mol. The van der Waals surface area contributed by atoms with Gasteiger partial charge in [0, 0.05) is 13.1 Å². The van der Waals surface area contributed by atoms with E-state index in [4.69, 9.17) is 4.74 Å².